The van der Waals surface area contributed by atoms with Crippen LogP contribution in [0.4, 0.5) is 10.1 Å². The van der Waals surface area contributed by atoms with Crippen molar-refractivity contribution in [3.63, 3.8) is 0 Å². The lowest BCUT2D eigenvalue weighted by molar-refractivity contribution is -0.115. The predicted octanol–water partition coefficient (Wildman–Crippen LogP) is 5.20. The molecule has 9 nitrogen and oxygen atoms in total. The number of aryl methyl sites for hydroxylation is 1. The molecule has 5 rings (SSSR count). The number of aromatic nitrogens is 3. The maximum absolute atomic E-state index is 15.1. The van der Waals surface area contributed by atoms with Gasteiger partial charge in [-0.3, -0.25) is 19.3 Å². The molecule has 0 spiro atoms. The van der Waals surface area contributed by atoms with Gasteiger partial charge in [-0.15, -0.1) is 0 Å². The standard InChI is InChI=1S/C30H29FN6O3/c1-18-9-21(11-28(38)35-22-14-34-37(17-22)30(2,3)4)24(31)12-27(18)40-26-7-8-33-25-6-5-20(10-23(25)26)29(39)36-15-19(13-32)16-36/h5-10,12,14,17,19H,11,15-16H2,1-4H3,(H,35,38). The third-order valence-electron chi connectivity index (χ3n) is 6.77. The minimum atomic E-state index is -0.569. The van der Waals surface area contributed by atoms with E-state index in [1.54, 1.807) is 65.4 Å². The van der Waals surface area contributed by atoms with E-state index in [0.717, 1.165) is 0 Å². The third-order valence-corrected chi connectivity index (χ3v) is 6.77. The van der Waals surface area contributed by atoms with Gasteiger partial charge in [-0.1, -0.05) is 0 Å². The monoisotopic (exact) mass is 540 g/mol. The van der Waals surface area contributed by atoms with E-state index in [1.165, 1.54) is 6.07 Å². The number of nitrogens with zero attached hydrogens (tertiary/aromatic N) is 5. The lowest BCUT2D eigenvalue weighted by Crippen LogP contribution is -2.49. The predicted molar refractivity (Wildman–Crippen MR) is 148 cm³/mol. The molecule has 0 radical (unpaired) electrons. The van der Waals surface area contributed by atoms with Gasteiger partial charge in [-0.2, -0.15) is 10.4 Å². The highest BCUT2D eigenvalue weighted by atomic mass is 19.1. The van der Waals surface area contributed by atoms with Crippen LogP contribution in [-0.4, -0.2) is 44.6 Å². The van der Waals surface area contributed by atoms with Crippen LogP contribution in [0, 0.1) is 30.0 Å². The van der Waals surface area contributed by atoms with E-state index in [-0.39, 0.29) is 41.0 Å². The van der Waals surface area contributed by atoms with Crippen molar-refractivity contribution in [1.29, 1.82) is 5.26 Å². The Bertz CT molecular complexity index is 1660. The summed E-state index contributed by atoms with van der Waals surface area (Å²) in [5.41, 5.74) is 2.27. The number of benzene rings is 2. The molecule has 3 heterocycles. The van der Waals surface area contributed by atoms with Gasteiger partial charge < -0.3 is 15.0 Å². The maximum atomic E-state index is 15.1. The van der Waals surface area contributed by atoms with Crippen LogP contribution in [0.1, 0.15) is 42.3 Å². The number of nitriles is 1. The van der Waals surface area contributed by atoms with E-state index < -0.39 is 5.82 Å². The van der Waals surface area contributed by atoms with Crippen LogP contribution in [-0.2, 0) is 16.8 Å². The zero-order chi connectivity index (χ0) is 28.6. The largest absolute Gasteiger partial charge is 0.456 e. The van der Waals surface area contributed by atoms with Crippen LogP contribution in [0.15, 0.2) is 55.0 Å². The second-order valence-corrected chi connectivity index (χ2v) is 11.0. The molecule has 2 aromatic carbocycles. The fourth-order valence-electron chi connectivity index (χ4n) is 4.47. The number of carbonyl (C=O) groups is 2. The Morgan fingerprint density at radius 2 is 1.95 bits per heavy atom. The van der Waals surface area contributed by atoms with Gasteiger partial charge in [0.15, 0.2) is 0 Å². The quantitative estimate of drug-likeness (QED) is 0.360. The van der Waals surface area contributed by atoms with Crippen LogP contribution in [0.2, 0.25) is 0 Å². The number of amides is 2. The van der Waals surface area contributed by atoms with Crippen LogP contribution in [0.3, 0.4) is 0 Å². The highest BCUT2D eigenvalue weighted by Crippen LogP contribution is 2.33. The number of rotatable bonds is 6. The van der Waals surface area contributed by atoms with Crippen molar-refractivity contribution in [3.05, 3.63) is 77.5 Å². The van der Waals surface area contributed by atoms with Crippen molar-refractivity contribution in [2.75, 3.05) is 18.4 Å². The Morgan fingerprint density at radius 1 is 1.18 bits per heavy atom. The highest BCUT2D eigenvalue weighted by Gasteiger charge is 2.31. The molecule has 2 amide bonds. The molecule has 40 heavy (non-hydrogen) atoms. The summed E-state index contributed by atoms with van der Waals surface area (Å²) in [5, 5.41) is 16.6. The average Bonchev–Trinajstić information content (AvgIpc) is 3.35. The van der Waals surface area contributed by atoms with Crippen molar-refractivity contribution in [2.45, 2.75) is 39.7 Å². The van der Waals surface area contributed by atoms with Gasteiger partial charge in [-0.05, 0) is 69.2 Å². The van der Waals surface area contributed by atoms with Crippen LogP contribution >= 0.6 is 0 Å². The molecule has 1 aliphatic heterocycles. The molecule has 204 valence electrons. The van der Waals surface area contributed by atoms with Crippen LogP contribution in [0.5, 0.6) is 11.5 Å². The van der Waals surface area contributed by atoms with Crippen molar-refractivity contribution in [3.8, 4) is 17.6 Å². The summed E-state index contributed by atoms with van der Waals surface area (Å²) in [6.45, 7) is 8.59. The van der Waals surface area contributed by atoms with Crippen LogP contribution < -0.4 is 10.1 Å². The Balaban J connectivity index is 1.32. The van der Waals surface area contributed by atoms with Crippen molar-refractivity contribution < 1.29 is 18.7 Å². The van der Waals surface area contributed by atoms with Gasteiger partial charge in [0, 0.05) is 42.5 Å². The molecule has 0 atom stereocenters. The smallest absolute Gasteiger partial charge is 0.253 e. The van der Waals surface area contributed by atoms with E-state index >= 15 is 4.39 Å². The molecule has 0 aliphatic carbocycles. The van der Waals surface area contributed by atoms with E-state index in [4.69, 9.17) is 10.00 Å². The van der Waals surface area contributed by atoms with Gasteiger partial charge in [0.05, 0.1) is 41.3 Å². The summed E-state index contributed by atoms with van der Waals surface area (Å²) in [6.07, 6.45) is 4.73. The number of fused-ring (bicyclic) bond motifs is 1. The first-order valence-corrected chi connectivity index (χ1v) is 12.9. The summed E-state index contributed by atoms with van der Waals surface area (Å²) < 4.78 is 23.0. The number of hydrogen-bond donors (Lipinski definition) is 1. The zero-order valence-corrected chi connectivity index (χ0v) is 22.7. The topological polar surface area (TPSA) is 113 Å². The second kappa shape index (κ2) is 10.4. The molecule has 1 saturated heterocycles. The van der Waals surface area contributed by atoms with E-state index in [9.17, 15) is 9.59 Å². The molecular weight excluding hydrogens is 511 g/mol. The number of likely N-dealkylation sites (tertiary alicyclic amines) is 1. The number of hydrogen-bond acceptors (Lipinski definition) is 6. The van der Waals surface area contributed by atoms with Gasteiger partial charge >= 0.3 is 0 Å². The van der Waals surface area contributed by atoms with Gasteiger partial charge in [-0.25, -0.2) is 4.39 Å². The average molecular weight is 541 g/mol. The van der Waals surface area contributed by atoms with Crippen LogP contribution in [0.25, 0.3) is 10.9 Å². The lowest BCUT2D eigenvalue weighted by atomic mass is 10.00. The number of ether oxygens (including phenoxy) is 1. The number of halogens is 1. The van der Waals surface area contributed by atoms with Gasteiger partial charge in [0.2, 0.25) is 5.91 Å². The summed E-state index contributed by atoms with van der Waals surface area (Å²) in [7, 11) is 0. The van der Waals surface area contributed by atoms with Crippen molar-refractivity contribution in [2.24, 2.45) is 5.92 Å². The summed E-state index contributed by atoms with van der Waals surface area (Å²) in [5.74, 6) is -0.525. The Morgan fingerprint density at radius 3 is 2.65 bits per heavy atom. The fourth-order valence-corrected chi connectivity index (χ4v) is 4.47. The molecule has 1 fully saturated rings. The molecule has 0 saturated carbocycles. The number of carbonyl (C=O) groups excluding carboxylic acids is 2. The molecule has 10 heteroatoms. The normalized spacial score (nSPS) is 13.6. The Kier molecular flexibility index (Phi) is 6.98. The summed E-state index contributed by atoms with van der Waals surface area (Å²) in [4.78, 5) is 31.5. The SMILES string of the molecule is Cc1cc(CC(=O)Nc2cnn(C(C)(C)C)c2)c(F)cc1Oc1ccnc2ccc(C(=O)N3CC(C#N)C3)cc12. The first-order chi connectivity index (χ1) is 19.0. The van der Waals surface area contributed by atoms with E-state index in [1.807, 2.05) is 20.8 Å². The molecule has 4 aromatic rings. The lowest BCUT2D eigenvalue weighted by Gasteiger charge is -2.35. The molecule has 1 N–H and O–H groups in total. The molecule has 0 bridgehead atoms. The molecular formula is C30H29FN6O3. The van der Waals surface area contributed by atoms with Gasteiger partial charge in [0.1, 0.15) is 17.3 Å². The zero-order valence-electron chi connectivity index (χ0n) is 22.7. The molecule has 0 unspecified atom stereocenters. The first kappa shape index (κ1) is 26.8. The van der Waals surface area contributed by atoms with Gasteiger partial charge in [0.25, 0.3) is 5.91 Å². The van der Waals surface area contributed by atoms with E-state index in [2.05, 4.69) is 21.5 Å². The minimum Gasteiger partial charge on any atom is -0.456 e. The highest BCUT2D eigenvalue weighted by molar-refractivity contribution is 5.99. The van der Waals surface area contributed by atoms with Crippen molar-refractivity contribution >= 4 is 28.4 Å². The Labute approximate surface area is 231 Å². The maximum Gasteiger partial charge on any atom is 0.253 e. The molecule has 2 aromatic heterocycles. The van der Waals surface area contributed by atoms with E-state index in [0.29, 0.717) is 46.6 Å². The minimum absolute atomic E-state index is 0.135. The second-order valence-electron chi connectivity index (χ2n) is 11.0. The number of nitrogens with one attached hydrogen (secondary N) is 1. The Hall–Kier alpha value is -4.78. The molecule has 1 aliphatic rings. The number of pyridine rings is 1. The summed E-state index contributed by atoms with van der Waals surface area (Å²) in [6, 6.07) is 11.8. The third kappa shape index (κ3) is 5.50. The number of anilines is 1. The first-order valence-electron chi connectivity index (χ1n) is 12.9. The summed E-state index contributed by atoms with van der Waals surface area (Å²) >= 11 is 0. The van der Waals surface area contributed by atoms with Crippen molar-refractivity contribution in [1.82, 2.24) is 19.7 Å². The fraction of sp³-hybridized carbons (Fsp3) is 0.300.